The molecule has 0 N–H and O–H groups in total. The van der Waals surface area contributed by atoms with Crippen LogP contribution in [0.25, 0.3) is 0 Å². The average Bonchev–Trinajstić information content (AvgIpc) is 2.74. The summed E-state index contributed by atoms with van der Waals surface area (Å²) in [5.41, 5.74) is 1.26. The fraction of sp³-hybridized carbons (Fsp3) is 0.333. The Morgan fingerprint density at radius 2 is 2.06 bits per heavy atom. The minimum Gasteiger partial charge on any atom is -0.375 e. The highest BCUT2D eigenvalue weighted by molar-refractivity contribution is 5.14. The van der Waals surface area contributed by atoms with Gasteiger partial charge in [-0.05, 0) is 23.6 Å². The fourth-order valence-electron chi connectivity index (χ4n) is 1.55. The second-order valence-corrected chi connectivity index (χ2v) is 3.80. The van der Waals surface area contributed by atoms with Crippen LogP contribution in [0.4, 0.5) is 0 Å². The van der Waals surface area contributed by atoms with Gasteiger partial charge in [-0.15, -0.1) is 0 Å². The molecule has 1 aromatic heterocycles. The molecule has 1 atom stereocenters. The highest BCUT2D eigenvalue weighted by Crippen LogP contribution is 2.18. The quantitative estimate of drug-likeness (QED) is 0.792. The molecule has 0 bridgehead atoms. The van der Waals surface area contributed by atoms with Crippen LogP contribution < -0.4 is 5.82 Å². The van der Waals surface area contributed by atoms with Crippen LogP contribution in [0.3, 0.4) is 0 Å². The van der Waals surface area contributed by atoms with Gasteiger partial charge in [0.15, 0.2) is 0 Å². The molecule has 1 heterocycles. The summed E-state index contributed by atoms with van der Waals surface area (Å²) < 4.78 is 9.17. The normalized spacial score (nSPS) is 12.6. The Kier molecular flexibility index (Phi) is 3.19. The van der Waals surface area contributed by atoms with Crippen LogP contribution in [0.15, 0.2) is 44.1 Å². The number of aryl methyl sites for hydroxylation is 1. The van der Waals surface area contributed by atoms with Gasteiger partial charge in [0, 0.05) is 5.92 Å². The second-order valence-electron chi connectivity index (χ2n) is 3.80. The molecule has 1 unspecified atom stereocenters. The maximum atomic E-state index is 10.7. The summed E-state index contributed by atoms with van der Waals surface area (Å²) in [5.74, 6) is -0.269. The zero-order valence-electron chi connectivity index (χ0n) is 9.05. The monoisotopic (exact) mass is 219 g/mol. The predicted molar refractivity (Wildman–Crippen MR) is 58.2 cm³/mol. The van der Waals surface area contributed by atoms with Gasteiger partial charge in [0.2, 0.25) is 5.89 Å². The summed E-state index contributed by atoms with van der Waals surface area (Å²) in [5, 5.41) is 3.57. The van der Waals surface area contributed by atoms with E-state index in [2.05, 4.69) is 21.8 Å². The van der Waals surface area contributed by atoms with E-state index in [1.807, 2.05) is 25.1 Å². The molecule has 0 radical (unpaired) electrons. The smallest absolute Gasteiger partial charge is 0.375 e. The summed E-state index contributed by atoms with van der Waals surface area (Å²) >= 11 is 0. The first-order chi connectivity index (χ1) is 7.75. The molecule has 2 aromatic rings. The minimum atomic E-state index is -0.735. The maximum absolute atomic E-state index is 10.7. The van der Waals surface area contributed by atoms with E-state index in [4.69, 9.17) is 4.42 Å². The topological polar surface area (TPSA) is 56.2 Å². The van der Waals surface area contributed by atoms with Crippen molar-refractivity contribution in [1.29, 1.82) is 0 Å². The zero-order chi connectivity index (χ0) is 11.4. The number of nitrogens with zero attached hydrogens (tertiary/aromatic N) is 1. The molecule has 16 heavy (non-hydrogen) atoms. The van der Waals surface area contributed by atoms with Crippen molar-refractivity contribution in [2.24, 2.45) is 0 Å². The molecule has 1 aromatic carbocycles. The van der Waals surface area contributed by atoms with E-state index in [0.29, 0.717) is 5.89 Å². The van der Waals surface area contributed by atoms with E-state index < -0.39 is 5.82 Å². The van der Waals surface area contributed by atoms with Gasteiger partial charge in [-0.1, -0.05) is 37.3 Å². The lowest BCUT2D eigenvalue weighted by atomic mass is 10.0. The lowest BCUT2D eigenvalue weighted by Gasteiger charge is -2.05. The van der Waals surface area contributed by atoms with Crippen molar-refractivity contribution in [3.8, 4) is 0 Å². The van der Waals surface area contributed by atoms with Gasteiger partial charge >= 0.3 is 5.82 Å². The summed E-state index contributed by atoms with van der Waals surface area (Å²) in [7, 11) is 0. The third kappa shape index (κ3) is 2.59. The summed E-state index contributed by atoms with van der Waals surface area (Å²) in [6, 6.07) is 10.2. The van der Waals surface area contributed by atoms with Crippen molar-refractivity contribution in [2.75, 3.05) is 0 Å². The van der Waals surface area contributed by atoms with Crippen LogP contribution in [-0.2, 0) is 6.42 Å². The van der Waals surface area contributed by atoms with Gasteiger partial charge < -0.3 is 4.42 Å². The summed E-state index contributed by atoms with van der Waals surface area (Å²) in [4.78, 5) is 10.7. The Morgan fingerprint density at radius 3 is 2.69 bits per heavy atom. The first-order valence-corrected chi connectivity index (χ1v) is 5.26. The van der Waals surface area contributed by atoms with Crippen molar-refractivity contribution >= 4 is 0 Å². The van der Waals surface area contributed by atoms with Crippen LogP contribution in [0, 0.1) is 0 Å². The molecule has 0 amide bonds. The molecule has 0 saturated heterocycles. The van der Waals surface area contributed by atoms with Gasteiger partial charge in [-0.25, -0.2) is 4.79 Å². The van der Waals surface area contributed by atoms with Crippen molar-refractivity contribution in [3.63, 3.8) is 0 Å². The summed E-state index contributed by atoms with van der Waals surface area (Å²) in [6.45, 7) is 1.96. The first kappa shape index (κ1) is 10.7. The van der Waals surface area contributed by atoms with Crippen molar-refractivity contribution in [2.45, 2.75) is 25.7 Å². The summed E-state index contributed by atoms with van der Waals surface area (Å²) in [6.07, 6.45) is 1.80. The van der Waals surface area contributed by atoms with Crippen LogP contribution in [0.5, 0.6) is 0 Å². The largest absolute Gasteiger partial charge is 0.542 e. The van der Waals surface area contributed by atoms with Crippen LogP contribution in [-0.4, -0.2) is 5.16 Å². The molecule has 0 aliphatic rings. The SMILES string of the molecule is CC(CCc1ccccc1)c1noc(=O)o1. The van der Waals surface area contributed by atoms with E-state index in [1.165, 1.54) is 5.56 Å². The molecule has 0 spiro atoms. The van der Waals surface area contributed by atoms with E-state index in [9.17, 15) is 4.79 Å². The number of hydrogen-bond donors (Lipinski definition) is 0. The molecule has 4 nitrogen and oxygen atoms in total. The van der Waals surface area contributed by atoms with Crippen molar-refractivity contribution < 1.29 is 8.94 Å². The first-order valence-electron chi connectivity index (χ1n) is 5.26. The highest BCUT2D eigenvalue weighted by atomic mass is 16.6. The number of benzene rings is 1. The minimum absolute atomic E-state index is 0.0895. The molecule has 0 fully saturated rings. The van der Waals surface area contributed by atoms with Gasteiger partial charge in [-0.3, -0.25) is 4.52 Å². The Morgan fingerprint density at radius 1 is 1.31 bits per heavy atom. The molecule has 2 rings (SSSR count). The second kappa shape index (κ2) is 4.79. The van der Waals surface area contributed by atoms with E-state index in [1.54, 1.807) is 0 Å². The number of aromatic nitrogens is 1. The van der Waals surface area contributed by atoms with Crippen molar-refractivity contribution in [1.82, 2.24) is 5.16 Å². The van der Waals surface area contributed by atoms with Crippen molar-refractivity contribution in [3.05, 3.63) is 52.4 Å². The molecule has 84 valence electrons. The van der Waals surface area contributed by atoms with Gasteiger partial charge in [0.05, 0.1) is 0 Å². The average molecular weight is 219 g/mol. The molecule has 0 aliphatic carbocycles. The molecule has 4 heteroatoms. The lowest BCUT2D eigenvalue weighted by Crippen LogP contribution is -1.97. The van der Waals surface area contributed by atoms with Crippen LogP contribution >= 0.6 is 0 Å². The number of hydrogen-bond acceptors (Lipinski definition) is 4. The van der Waals surface area contributed by atoms with Gasteiger partial charge in [-0.2, -0.15) is 0 Å². The molecule has 0 aliphatic heterocycles. The molecule has 0 saturated carbocycles. The highest BCUT2D eigenvalue weighted by Gasteiger charge is 2.13. The van der Waals surface area contributed by atoms with E-state index >= 15 is 0 Å². The third-order valence-corrected chi connectivity index (χ3v) is 2.53. The van der Waals surface area contributed by atoms with Gasteiger partial charge in [0.1, 0.15) is 0 Å². The lowest BCUT2D eigenvalue weighted by molar-refractivity contribution is 0.333. The zero-order valence-corrected chi connectivity index (χ0v) is 9.05. The Bertz CT molecular complexity index is 486. The fourth-order valence-corrected chi connectivity index (χ4v) is 1.55. The Labute approximate surface area is 92.9 Å². The standard InChI is InChI=1S/C12H13NO3/c1-9(11-13-16-12(14)15-11)7-8-10-5-3-2-4-6-10/h2-6,9H,7-8H2,1H3. The van der Waals surface area contributed by atoms with Crippen LogP contribution in [0.2, 0.25) is 0 Å². The Balaban J connectivity index is 1.94. The van der Waals surface area contributed by atoms with E-state index in [-0.39, 0.29) is 5.92 Å². The van der Waals surface area contributed by atoms with Gasteiger partial charge in [0.25, 0.3) is 0 Å². The van der Waals surface area contributed by atoms with Crippen LogP contribution in [0.1, 0.15) is 30.7 Å². The van der Waals surface area contributed by atoms with E-state index in [0.717, 1.165) is 12.8 Å². The molecular formula is C12H13NO3. The third-order valence-electron chi connectivity index (χ3n) is 2.53. The Hall–Kier alpha value is -1.84. The molecular weight excluding hydrogens is 206 g/mol. The number of rotatable bonds is 4. The maximum Gasteiger partial charge on any atom is 0.542 e. The predicted octanol–water partition coefficient (Wildman–Crippen LogP) is 2.36.